The van der Waals surface area contributed by atoms with E-state index >= 15 is 0 Å². The minimum absolute atomic E-state index is 0.195. The number of rotatable bonds is 6. The molecular weight excluding hydrogens is 470 g/mol. The average molecular weight is 494 g/mol. The van der Waals surface area contributed by atoms with Crippen molar-refractivity contribution in [3.05, 3.63) is 59.6 Å². The number of halogens is 1. The average Bonchev–Trinajstić information content (AvgIpc) is 3.58. The fourth-order valence-electron chi connectivity index (χ4n) is 4.31. The lowest BCUT2D eigenvalue weighted by Gasteiger charge is -2.19. The summed E-state index contributed by atoms with van der Waals surface area (Å²) in [7, 11) is 1.53. The van der Waals surface area contributed by atoms with Gasteiger partial charge in [0.2, 0.25) is 0 Å². The first-order chi connectivity index (χ1) is 16.9. The molecule has 0 unspecified atom stereocenters. The second-order valence-electron chi connectivity index (χ2n) is 8.44. The zero-order valence-electron chi connectivity index (χ0n) is 19.3. The van der Waals surface area contributed by atoms with E-state index in [1.165, 1.54) is 28.7 Å². The van der Waals surface area contributed by atoms with Crippen LogP contribution in [0.3, 0.4) is 0 Å². The topological polar surface area (TPSA) is 107 Å². The maximum absolute atomic E-state index is 13.2. The number of fused-ring (bicyclic) bond motifs is 1. The third kappa shape index (κ3) is 4.50. The monoisotopic (exact) mass is 493 g/mol. The molecule has 3 aromatic heterocycles. The molecule has 0 bridgehead atoms. The molecule has 1 aromatic carbocycles. The van der Waals surface area contributed by atoms with Gasteiger partial charge in [-0.25, -0.2) is 14.2 Å². The highest BCUT2D eigenvalue weighted by molar-refractivity contribution is 6.31. The van der Waals surface area contributed by atoms with Gasteiger partial charge in [-0.15, -0.1) is 0 Å². The van der Waals surface area contributed by atoms with Crippen molar-refractivity contribution in [1.29, 1.82) is 0 Å². The van der Waals surface area contributed by atoms with Gasteiger partial charge < -0.3 is 10.1 Å². The Morgan fingerprint density at radius 3 is 2.94 bits per heavy atom. The molecule has 1 saturated heterocycles. The van der Waals surface area contributed by atoms with Crippen molar-refractivity contribution in [3.63, 3.8) is 0 Å². The zero-order chi connectivity index (χ0) is 24.5. The van der Waals surface area contributed by atoms with Gasteiger partial charge in [-0.05, 0) is 50.6 Å². The maximum Gasteiger partial charge on any atom is 0.261 e. The molecule has 5 rings (SSSR count). The Hall–Kier alpha value is -3.76. The van der Waals surface area contributed by atoms with Crippen molar-refractivity contribution in [2.75, 3.05) is 25.5 Å². The van der Waals surface area contributed by atoms with E-state index in [1.54, 1.807) is 36.7 Å². The number of ether oxygens (including phenoxy) is 1. The third-order valence-electron chi connectivity index (χ3n) is 6.19. The number of amides is 1. The lowest BCUT2D eigenvalue weighted by atomic mass is 10.1. The number of methoxy groups -OCH3 is 1. The fraction of sp³-hybridized carbons (Fsp3) is 0.292. The van der Waals surface area contributed by atoms with E-state index in [4.69, 9.17) is 16.3 Å². The summed E-state index contributed by atoms with van der Waals surface area (Å²) in [5, 5.41) is 12.1. The zero-order valence-corrected chi connectivity index (χ0v) is 20.1. The van der Waals surface area contributed by atoms with Crippen molar-refractivity contribution in [1.82, 2.24) is 29.3 Å². The standard InChI is InChI=1S/C24H24ClN7O3/c1-15-5-3-9-30(15)14-21(33)32-13-19(22(29-32)17-11-16(25)6-7-20(17)35-2)28-24(34)18-12-27-31-10-4-8-26-23(18)31/h4,6-8,10-13,15H,3,5,9,14H2,1-2H3,(H,28,34)/t15-/m1/s1. The summed E-state index contributed by atoms with van der Waals surface area (Å²) in [6.45, 7) is 3.22. The van der Waals surface area contributed by atoms with E-state index in [0.717, 1.165) is 19.4 Å². The smallest absolute Gasteiger partial charge is 0.261 e. The lowest BCUT2D eigenvalue weighted by molar-refractivity contribution is 0.0827. The van der Waals surface area contributed by atoms with E-state index in [2.05, 4.69) is 32.3 Å². The molecule has 180 valence electrons. The van der Waals surface area contributed by atoms with Gasteiger partial charge in [0.1, 0.15) is 17.0 Å². The number of aromatic nitrogens is 5. The van der Waals surface area contributed by atoms with Crippen molar-refractivity contribution in [2.45, 2.75) is 25.8 Å². The third-order valence-corrected chi connectivity index (χ3v) is 6.42. The molecule has 1 aliphatic rings. The molecule has 4 aromatic rings. The quantitative estimate of drug-likeness (QED) is 0.437. The number of anilines is 1. The summed E-state index contributed by atoms with van der Waals surface area (Å²) in [5.74, 6) is -0.117. The van der Waals surface area contributed by atoms with Crippen molar-refractivity contribution in [3.8, 4) is 17.0 Å². The molecule has 10 nitrogen and oxygen atoms in total. The van der Waals surface area contributed by atoms with Gasteiger partial charge >= 0.3 is 0 Å². The number of hydrogen-bond acceptors (Lipinski definition) is 7. The Labute approximate surface area is 206 Å². The normalized spacial score (nSPS) is 16.0. The molecule has 11 heteroatoms. The lowest BCUT2D eigenvalue weighted by Crippen LogP contribution is -2.35. The Balaban J connectivity index is 1.52. The van der Waals surface area contributed by atoms with Crippen LogP contribution in [0.2, 0.25) is 5.02 Å². The number of nitrogens with zero attached hydrogens (tertiary/aromatic N) is 6. The fourth-order valence-corrected chi connectivity index (χ4v) is 4.48. The number of carbonyl (C=O) groups is 2. The van der Waals surface area contributed by atoms with E-state index < -0.39 is 5.91 Å². The SMILES string of the molecule is COc1ccc(Cl)cc1-c1nn(C(=O)CN2CCC[C@H]2C)cc1NC(=O)c1cnn2cccnc12. The van der Waals surface area contributed by atoms with Crippen molar-refractivity contribution >= 4 is 34.7 Å². The summed E-state index contributed by atoms with van der Waals surface area (Å²) >= 11 is 6.26. The highest BCUT2D eigenvalue weighted by Gasteiger charge is 2.26. The summed E-state index contributed by atoms with van der Waals surface area (Å²) in [6.07, 6.45) is 8.39. The molecule has 35 heavy (non-hydrogen) atoms. The Kier molecular flexibility index (Phi) is 6.23. The summed E-state index contributed by atoms with van der Waals surface area (Å²) in [6, 6.07) is 7.16. The van der Waals surface area contributed by atoms with Gasteiger partial charge in [0, 0.05) is 29.0 Å². The van der Waals surface area contributed by atoms with Gasteiger partial charge in [0.25, 0.3) is 11.8 Å². The van der Waals surface area contributed by atoms with E-state index in [9.17, 15) is 9.59 Å². The molecule has 1 atom stereocenters. The molecule has 1 amide bonds. The highest BCUT2D eigenvalue weighted by atomic mass is 35.5. The number of carbonyl (C=O) groups excluding carboxylic acids is 2. The first-order valence-electron chi connectivity index (χ1n) is 11.2. The van der Waals surface area contributed by atoms with Crippen LogP contribution in [-0.2, 0) is 0 Å². The van der Waals surface area contributed by atoms with Gasteiger partial charge in [0.15, 0.2) is 5.65 Å². The van der Waals surface area contributed by atoms with Crippen LogP contribution in [0.4, 0.5) is 5.69 Å². The second-order valence-corrected chi connectivity index (χ2v) is 8.87. The Bertz CT molecular complexity index is 1410. The Morgan fingerprint density at radius 2 is 2.17 bits per heavy atom. The van der Waals surface area contributed by atoms with Crippen LogP contribution >= 0.6 is 11.6 Å². The molecule has 1 N–H and O–H groups in total. The predicted molar refractivity (Wildman–Crippen MR) is 131 cm³/mol. The number of benzene rings is 1. The molecule has 0 aliphatic carbocycles. The number of hydrogen-bond donors (Lipinski definition) is 1. The minimum atomic E-state index is -0.430. The molecular formula is C24H24ClN7O3. The molecule has 0 saturated carbocycles. The van der Waals surface area contributed by atoms with Crippen molar-refractivity contribution < 1.29 is 14.3 Å². The minimum Gasteiger partial charge on any atom is -0.496 e. The maximum atomic E-state index is 13.2. The van der Waals surface area contributed by atoms with Gasteiger partial charge in [-0.3, -0.25) is 14.5 Å². The van der Waals surface area contributed by atoms with E-state index in [1.807, 2.05) is 0 Å². The molecule has 4 heterocycles. The second kappa shape index (κ2) is 9.47. The first-order valence-corrected chi connectivity index (χ1v) is 11.6. The van der Waals surface area contributed by atoms with Crippen LogP contribution in [-0.4, -0.2) is 67.3 Å². The molecule has 0 radical (unpaired) electrons. The van der Waals surface area contributed by atoms with Crippen LogP contribution in [0.25, 0.3) is 16.9 Å². The van der Waals surface area contributed by atoms with Crippen molar-refractivity contribution in [2.24, 2.45) is 0 Å². The molecule has 1 aliphatic heterocycles. The highest BCUT2D eigenvalue weighted by Crippen LogP contribution is 2.36. The van der Waals surface area contributed by atoms with Gasteiger partial charge in [-0.2, -0.15) is 10.2 Å². The van der Waals surface area contributed by atoms with Crippen LogP contribution in [0, 0.1) is 0 Å². The summed E-state index contributed by atoms with van der Waals surface area (Å²) < 4.78 is 8.28. The summed E-state index contributed by atoms with van der Waals surface area (Å²) in [4.78, 5) is 32.7. The molecule has 0 spiro atoms. The van der Waals surface area contributed by atoms with E-state index in [0.29, 0.717) is 45.0 Å². The Morgan fingerprint density at radius 1 is 1.31 bits per heavy atom. The van der Waals surface area contributed by atoms with Gasteiger partial charge in [-0.1, -0.05) is 11.6 Å². The number of nitrogens with one attached hydrogen (secondary N) is 1. The van der Waals surface area contributed by atoms with Gasteiger partial charge in [0.05, 0.1) is 31.7 Å². The van der Waals surface area contributed by atoms with Crippen LogP contribution in [0.15, 0.2) is 49.1 Å². The van der Waals surface area contributed by atoms with Crippen LogP contribution in [0.1, 0.15) is 34.9 Å². The largest absolute Gasteiger partial charge is 0.496 e. The first kappa shape index (κ1) is 23.0. The van der Waals surface area contributed by atoms with Crippen LogP contribution in [0.5, 0.6) is 5.75 Å². The number of likely N-dealkylation sites (tertiary alicyclic amines) is 1. The summed E-state index contributed by atoms with van der Waals surface area (Å²) in [5.41, 5.74) is 1.96. The predicted octanol–water partition coefficient (Wildman–Crippen LogP) is 3.63. The molecule has 1 fully saturated rings. The van der Waals surface area contributed by atoms with Crippen LogP contribution < -0.4 is 10.1 Å². The van der Waals surface area contributed by atoms with E-state index in [-0.39, 0.29) is 12.5 Å².